The molecule has 0 bridgehead atoms. The Labute approximate surface area is 372 Å². The Morgan fingerprint density at radius 1 is 0.623 bits per heavy atom. The number of hydrogen-bond donors (Lipinski definition) is 1. The summed E-state index contributed by atoms with van der Waals surface area (Å²) in [6.45, 7) is 3.92. The molecule has 11 heteroatoms. The molecular formula is C50H88NO9P. The molecule has 61 heavy (non-hydrogen) atoms. The molecule has 0 saturated heterocycles. The number of aliphatic hydroxyl groups excluding tert-OH is 1. The second kappa shape index (κ2) is 41.4. The first-order chi connectivity index (χ1) is 29.4. The number of quaternary nitrogens is 1. The van der Waals surface area contributed by atoms with E-state index >= 15 is 0 Å². The van der Waals surface area contributed by atoms with E-state index in [1.165, 1.54) is 89.9 Å². The van der Waals surface area contributed by atoms with Gasteiger partial charge in [-0.1, -0.05) is 189 Å². The van der Waals surface area contributed by atoms with Gasteiger partial charge < -0.3 is 33.0 Å². The van der Waals surface area contributed by atoms with Crippen LogP contribution in [0.1, 0.15) is 174 Å². The molecule has 0 aromatic rings. The van der Waals surface area contributed by atoms with Gasteiger partial charge in [0.2, 0.25) is 0 Å². The van der Waals surface area contributed by atoms with Crippen LogP contribution >= 0.6 is 7.82 Å². The summed E-state index contributed by atoms with van der Waals surface area (Å²) < 4.78 is 33.8. The summed E-state index contributed by atoms with van der Waals surface area (Å²) in [6, 6.07) is 0. The number of likely N-dealkylation sites (N-methyl/N-ethyl adjacent to an activating group) is 1. The van der Waals surface area contributed by atoms with Crippen LogP contribution in [0.4, 0.5) is 0 Å². The minimum absolute atomic E-state index is 0.0537. The Kier molecular flexibility index (Phi) is 39.7. The Morgan fingerprint density at radius 3 is 1.69 bits per heavy atom. The van der Waals surface area contributed by atoms with Gasteiger partial charge in [-0.05, 0) is 44.9 Å². The van der Waals surface area contributed by atoms with Gasteiger partial charge in [-0.15, -0.1) is 0 Å². The van der Waals surface area contributed by atoms with E-state index in [0.717, 1.165) is 38.5 Å². The fraction of sp³-hybridized carbons (Fsp3) is 0.720. The van der Waals surface area contributed by atoms with Gasteiger partial charge in [0.25, 0.3) is 7.82 Å². The van der Waals surface area contributed by atoms with Crippen LogP contribution in [0.15, 0.2) is 72.9 Å². The molecule has 0 amide bonds. The van der Waals surface area contributed by atoms with Gasteiger partial charge >= 0.3 is 11.9 Å². The van der Waals surface area contributed by atoms with Gasteiger partial charge in [0, 0.05) is 12.8 Å². The Balaban J connectivity index is 4.47. The predicted molar refractivity (Wildman–Crippen MR) is 251 cm³/mol. The summed E-state index contributed by atoms with van der Waals surface area (Å²) in [4.78, 5) is 37.6. The first kappa shape index (κ1) is 58.4. The summed E-state index contributed by atoms with van der Waals surface area (Å²) in [5.41, 5.74) is 0. The molecule has 0 aromatic heterocycles. The van der Waals surface area contributed by atoms with Crippen molar-refractivity contribution >= 4 is 19.8 Å². The molecule has 10 nitrogen and oxygen atoms in total. The summed E-state index contributed by atoms with van der Waals surface area (Å²) in [5, 5.41) is 9.85. The highest BCUT2D eigenvalue weighted by molar-refractivity contribution is 7.45. The van der Waals surface area contributed by atoms with Crippen molar-refractivity contribution in [1.82, 2.24) is 0 Å². The van der Waals surface area contributed by atoms with Crippen LogP contribution in [-0.4, -0.2) is 81.2 Å². The average Bonchev–Trinajstić information content (AvgIpc) is 3.21. The zero-order valence-corrected chi connectivity index (χ0v) is 40.1. The molecule has 0 aliphatic heterocycles. The average molecular weight is 878 g/mol. The molecule has 0 fully saturated rings. The van der Waals surface area contributed by atoms with Crippen LogP contribution in [-0.2, 0) is 32.7 Å². The van der Waals surface area contributed by atoms with Crippen LogP contribution < -0.4 is 4.89 Å². The number of hydrogen-bond acceptors (Lipinski definition) is 9. The van der Waals surface area contributed by atoms with Crippen molar-refractivity contribution < 1.29 is 47.2 Å². The minimum Gasteiger partial charge on any atom is -0.756 e. The zero-order chi connectivity index (χ0) is 45.1. The molecule has 0 saturated carbocycles. The molecule has 0 aromatic carbocycles. The number of ether oxygens (including phenoxy) is 2. The second-order valence-corrected chi connectivity index (χ2v) is 18.4. The Morgan fingerprint density at radius 2 is 1.15 bits per heavy atom. The zero-order valence-electron chi connectivity index (χ0n) is 39.2. The number of carbonyl (C=O) groups is 2. The van der Waals surface area contributed by atoms with Gasteiger partial charge in [0.1, 0.15) is 19.8 Å². The molecule has 352 valence electrons. The van der Waals surface area contributed by atoms with Gasteiger partial charge in [-0.25, -0.2) is 0 Å². The second-order valence-electron chi connectivity index (χ2n) is 16.9. The lowest BCUT2D eigenvalue weighted by Gasteiger charge is -2.28. The van der Waals surface area contributed by atoms with Crippen molar-refractivity contribution in [1.29, 1.82) is 0 Å². The fourth-order valence-corrected chi connectivity index (χ4v) is 6.85. The van der Waals surface area contributed by atoms with E-state index in [4.69, 9.17) is 18.5 Å². The monoisotopic (exact) mass is 878 g/mol. The van der Waals surface area contributed by atoms with Crippen LogP contribution in [0.3, 0.4) is 0 Å². The standard InChI is InChI=1S/C50H88NO9P/c1-6-8-10-11-12-13-14-15-16-17-18-21-24-27-30-33-37-41-49(53)57-45-48(46-59-61(55,56)58-44-43-51(3,4)5)60-50(54)42-38-34-31-28-25-22-19-20-23-26-29-32-36-40-47(52)39-35-9-7-2/h9,20,22-23,25,29,31-32,34-36,40,47-48,52H,6-8,10-19,21,24,26-28,30,33,37-39,41-46H2,1-5H3/b23-20-,25-22-,32-29+,34-31-,35-9-,40-36+/t47?,48-/m1/s1. The Hall–Kier alpha value is -2.59. The highest BCUT2D eigenvalue weighted by Crippen LogP contribution is 2.38. The summed E-state index contributed by atoms with van der Waals surface area (Å²) >= 11 is 0. The number of phosphoric ester groups is 1. The van der Waals surface area contributed by atoms with Crippen molar-refractivity contribution in [3.63, 3.8) is 0 Å². The van der Waals surface area contributed by atoms with Crippen molar-refractivity contribution in [3.8, 4) is 0 Å². The van der Waals surface area contributed by atoms with Gasteiger partial charge in [-0.2, -0.15) is 0 Å². The number of carbonyl (C=O) groups excluding carboxylic acids is 2. The number of nitrogens with zero attached hydrogens (tertiary/aromatic N) is 1. The number of unbranched alkanes of at least 4 members (excludes halogenated alkanes) is 16. The van der Waals surface area contributed by atoms with E-state index in [1.807, 2.05) is 63.7 Å². The summed E-state index contributed by atoms with van der Waals surface area (Å²) in [5.74, 6) is -0.953. The van der Waals surface area contributed by atoms with Crippen LogP contribution in [0.2, 0.25) is 0 Å². The number of allylic oxidation sites excluding steroid dienone is 10. The number of aliphatic hydroxyl groups is 1. The molecule has 0 rings (SSSR count). The van der Waals surface area contributed by atoms with Gasteiger partial charge in [-0.3, -0.25) is 14.2 Å². The van der Waals surface area contributed by atoms with E-state index in [1.54, 1.807) is 6.08 Å². The first-order valence-electron chi connectivity index (χ1n) is 23.8. The molecule has 0 spiro atoms. The van der Waals surface area contributed by atoms with E-state index < -0.39 is 38.6 Å². The number of rotatable bonds is 42. The lowest BCUT2D eigenvalue weighted by molar-refractivity contribution is -0.870. The highest BCUT2D eigenvalue weighted by atomic mass is 31.2. The van der Waals surface area contributed by atoms with E-state index in [2.05, 4.69) is 38.2 Å². The van der Waals surface area contributed by atoms with E-state index in [-0.39, 0.29) is 26.1 Å². The third kappa shape index (κ3) is 45.3. The first-order valence-corrected chi connectivity index (χ1v) is 25.2. The number of phosphoric acid groups is 1. The SMILES string of the molecule is CC/C=C\CC(O)/C=C/C=C/C/C=C\C/C=C\C/C=C\CCC(=O)O[C@H](COC(=O)CCCCCCCCCCCCCCCCCCC)COP(=O)([O-])OCC[N+](C)(C)C. The largest absolute Gasteiger partial charge is 0.756 e. The van der Waals surface area contributed by atoms with Crippen molar-refractivity contribution in [2.24, 2.45) is 0 Å². The molecule has 0 aliphatic rings. The van der Waals surface area contributed by atoms with E-state index in [9.17, 15) is 24.2 Å². The maximum Gasteiger partial charge on any atom is 0.306 e. The molecular weight excluding hydrogens is 790 g/mol. The van der Waals surface area contributed by atoms with Gasteiger partial charge in [0.15, 0.2) is 6.10 Å². The van der Waals surface area contributed by atoms with Crippen molar-refractivity contribution in [3.05, 3.63) is 72.9 Å². The van der Waals surface area contributed by atoms with Gasteiger partial charge in [0.05, 0.1) is 33.9 Å². The maximum atomic E-state index is 12.7. The van der Waals surface area contributed by atoms with Crippen molar-refractivity contribution in [2.45, 2.75) is 187 Å². The van der Waals surface area contributed by atoms with Crippen LogP contribution in [0, 0.1) is 0 Å². The third-order valence-electron chi connectivity index (χ3n) is 9.83. The molecule has 0 aliphatic carbocycles. The molecule has 2 unspecified atom stereocenters. The highest BCUT2D eigenvalue weighted by Gasteiger charge is 2.21. The van der Waals surface area contributed by atoms with Crippen LogP contribution in [0.5, 0.6) is 0 Å². The molecule has 0 heterocycles. The third-order valence-corrected chi connectivity index (χ3v) is 10.8. The van der Waals surface area contributed by atoms with E-state index in [0.29, 0.717) is 30.3 Å². The normalized spacial score (nSPS) is 14.7. The summed E-state index contributed by atoms with van der Waals surface area (Å²) in [7, 11) is 1.09. The topological polar surface area (TPSA) is 131 Å². The quantitative estimate of drug-likeness (QED) is 0.0159. The van der Waals surface area contributed by atoms with Crippen molar-refractivity contribution in [2.75, 3.05) is 47.5 Å². The number of esters is 2. The summed E-state index contributed by atoms with van der Waals surface area (Å²) in [6.07, 6.45) is 48.5. The lowest BCUT2D eigenvalue weighted by atomic mass is 10.0. The predicted octanol–water partition coefficient (Wildman–Crippen LogP) is 12.1. The Bertz CT molecular complexity index is 1280. The van der Waals surface area contributed by atoms with Crippen LogP contribution in [0.25, 0.3) is 0 Å². The maximum absolute atomic E-state index is 12.7. The molecule has 0 radical (unpaired) electrons. The fourth-order valence-electron chi connectivity index (χ4n) is 6.12. The molecule has 1 N–H and O–H groups in total. The lowest BCUT2D eigenvalue weighted by Crippen LogP contribution is -2.37. The smallest absolute Gasteiger partial charge is 0.306 e. The minimum atomic E-state index is -4.66. The molecule has 3 atom stereocenters.